The summed E-state index contributed by atoms with van der Waals surface area (Å²) in [6.07, 6.45) is 3.35. The molecule has 0 saturated carbocycles. The van der Waals surface area contributed by atoms with E-state index in [1.807, 2.05) is 31.2 Å². The van der Waals surface area contributed by atoms with Crippen molar-refractivity contribution in [1.29, 1.82) is 0 Å². The first kappa shape index (κ1) is 15.4. The highest BCUT2D eigenvalue weighted by Crippen LogP contribution is 2.31. The fourth-order valence-electron chi connectivity index (χ4n) is 3.50. The van der Waals surface area contributed by atoms with Gasteiger partial charge in [-0.2, -0.15) is 4.98 Å². The molecule has 0 N–H and O–H groups in total. The van der Waals surface area contributed by atoms with Gasteiger partial charge in [-0.1, -0.05) is 17.3 Å². The van der Waals surface area contributed by atoms with E-state index in [-0.39, 0.29) is 6.10 Å². The summed E-state index contributed by atoms with van der Waals surface area (Å²) >= 11 is 0. The molecule has 2 aromatic rings. The van der Waals surface area contributed by atoms with Crippen LogP contribution in [-0.2, 0) is 6.42 Å². The molecule has 2 aliphatic heterocycles. The average Bonchev–Trinajstić information content (AvgIpc) is 3.01. The first-order valence-corrected chi connectivity index (χ1v) is 8.66. The van der Waals surface area contributed by atoms with Crippen molar-refractivity contribution in [1.82, 2.24) is 15.0 Å². The van der Waals surface area contributed by atoms with Crippen LogP contribution in [0.2, 0.25) is 0 Å². The largest absolute Gasteiger partial charge is 0.486 e. The summed E-state index contributed by atoms with van der Waals surface area (Å²) in [6, 6.07) is 7.88. The SMILES string of the molecule is Cc1nc(CC2CCN(C[C@@H]3COc4ccccc4O3)CC2)no1. The number of rotatable bonds is 4. The van der Waals surface area contributed by atoms with Crippen LogP contribution in [0.4, 0.5) is 0 Å². The minimum Gasteiger partial charge on any atom is -0.486 e. The van der Waals surface area contributed by atoms with E-state index in [4.69, 9.17) is 14.0 Å². The first-order valence-electron chi connectivity index (χ1n) is 8.66. The van der Waals surface area contributed by atoms with E-state index in [1.165, 1.54) is 0 Å². The first-order chi connectivity index (χ1) is 11.8. The van der Waals surface area contributed by atoms with E-state index in [0.717, 1.165) is 56.2 Å². The Labute approximate surface area is 141 Å². The van der Waals surface area contributed by atoms with Gasteiger partial charge in [0.25, 0.3) is 0 Å². The number of nitrogens with zero attached hydrogens (tertiary/aromatic N) is 3. The van der Waals surface area contributed by atoms with E-state index < -0.39 is 0 Å². The van der Waals surface area contributed by atoms with Gasteiger partial charge in [-0.3, -0.25) is 4.90 Å². The molecule has 1 aromatic heterocycles. The summed E-state index contributed by atoms with van der Waals surface area (Å²) in [7, 11) is 0. The van der Waals surface area contributed by atoms with Gasteiger partial charge in [-0.15, -0.1) is 0 Å². The summed E-state index contributed by atoms with van der Waals surface area (Å²) in [5, 5.41) is 4.01. The third-order valence-corrected chi connectivity index (χ3v) is 4.78. The maximum Gasteiger partial charge on any atom is 0.223 e. The number of ether oxygens (including phenoxy) is 2. The van der Waals surface area contributed by atoms with Crippen molar-refractivity contribution >= 4 is 0 Å². The van der Waals surface area contributed by atoms with Crippen molar-refractivity contribution in [2.75, 3.05) is 26.2 Å². The van der Waals surface area contributed by atoms with Crippen molar-refractivity contribution in [3.05, 3.63) is 36.0 Å². The molecule has 4 rings (SSSR count). The Bertz CT molecular complexity index is 680. The Balaban J connectivity index is 1.25. The van der Waals surface area contributed by atoms with E-state index >= 15 is 0 Å². The topological polar surface area (TPSA) is 60.6 Å². The van der Waals surface area contributed by atoms with Crippen LogP contribution < -0.4 is 9.47 Å². The van der Waals surface area contributed by atoms with Crippen LogP contribution in [0.15, 0.2) is 28.8 Å². The second-order valence-electron chi connectivity index (χ2n) is 6.68. The number of likely N-dealkylation sites (tertiary alicyclic amines) is 1. The van der Waals surface area contributed by atoms with Crippen molar-refractivity contribution in [2.45, 2.75) is 32.3 Å². The molecule has 0 aliphatic carbocycles. The van der Waals surface area contributed by atoms with Gasteiger partial charge in [0.15, 0.2) is 17.3 Å². The van der Waals surface area contributed by atoms with E-state index in [2.05, 4.69) is 15.0 Å². The summed E-state index contributed by atoms with van der Waals surface area (Å²) in [6.45, 7) is 5.55. The zero-order valence-corrected chi connectivity index (χ0v) is 14.0. The predicted octanol–water partition coefficient (Wildman–Crippen LogP) is 2.47. The molecule has 1 saturated heterocycles. The summed E-state index contributed by atoms with van der Waals surface area (Å²) in [5.74, 6) is 3.84. The minimum atomic E-state index is 0.108. The van der Waals surface area contributed by atoms with Crippen molar-refractivity contribution < 1.29 is 14.0 Å². The highest BCUT2D eigenvalue weighted by Gasteiger charge is 2.26. The summed E-state index contributed by atoms with van der Waals surface area (Å²) < 4.78 is 16.9. The molecular weight excluding hydrogens is 306 g/mol. The average molecular weight is 329 g/mol. The molecule has 0 bridgehead atoms. The maximum absolute atomic E-state index is 6.06. The van der Waals surface area contributed by atoms with Gasteiger partial charge in [-0.05, 0) is 44.0 Å². The normalized spacial score (nSPS) is 21.8. The van der Waals surface area contributed by atoms with Crippen molar-refractivity contribution in [2.24, 2.45) is 5.92 Å². The molecule has 1 atom stereocenters. The summed E-state index contributed by atoms with van der Waals surface area (Å²) in [5.41, 5.74) is 0. The standard InChI is InChI=1S/C18H23N3O3/c1-13-19-18(20-24-13)10-14-6-8-21(9-7-14)11-15-12-22-16-4-2-3-5-17(16)23-15/h2-5,14-15H,6-12H2,1H3/t15-/m1/s1. The van der Waals surface area contributed by atoms with E-state index in [9.17, 15) is 0 Å². The fraction of sp³-hybridized carbons (Fsp3) is 0.556. The van der Waals surface area contributed by atoms with Gasteiger partial charge in [0, 0.05) is 19.9 Å². The number of hydrogen-bond acceptors (Lipinski definition) is 6. The minimum absolute atomic E-state index is 0.108. The predicted molar refractivity (Wildman–Crippen MR) is 88.3 cm³/mol. The van der Waals surface area contributed by atoms with Crippen LogP contribution >= 0.6 is 0 Å². The van der Waals surface area contributed by atoms with Crippen LogP contribution in [-0.4, -0.2) is 47.4 Å². The van der Waals surface area contributed by atoms with Gasteiger partial charge < -0.3 is 14.0 Å². The van der Waals surface area contributed by atoms with Crippen molar-refractivity contribution in [3.63, 3.8) is 0 Å². The second kappa shape index (κ2) is 6.81. The van der Waals surface area contributed by atoms with Gasteiger partial charge in [0.05, 0.1) is 0 Å². The molecule has 6 heteroatoms. The van der Waals surface area contributed by atoms with Crippen LogP contribution in [0.1, 0.15) is 24.6 Å². The molecule has 24 heavy (non-hydrogen) atoms. The highest BCUT2D eigenvalue weighted by molar-refractivity contribution is 5.40. The number of piperidine rings is 1. The zero-order valence-electron chi connectivity index (χ0n) is 14.0. The lowest BCUT2D eigenvalue weighted by atomic mass is 9.93. The molecule has 0 spiro atoms. The molecule has 1 aromatic carbocycles. The lowest BCUT2D eigenvalue weighted by Crippen LogP contribution is -2.44. The maximum atomic E-state index is 6.06. The van der Waals surface area contributed by atoms with Gasteiger partial charge in [-0.25, -0.2) is 0 Å². The van der Waals surface area contributed by atoms with Crippen molar-refractivity contribution in [3.8, 4) is 11.5 Å². The molecule has 0 unspecified atom stereocenters. The molecule has 0 radical (unpaired) electrons. The number of para-hydroxylation sites is 2. The van der Waals surface area contributed by atoms with Gasteiger partial charge in [0.1, 0.15) is 12.7 Å². The Morgan fingerprint density at radius 3 is 2.71 bits per heavy atom. The molecule has 6 nitrogen and oxygen atoms in total. The highest BCUT2D eigenvalue weighted by atomic mass is 16.6. The van der Waals surface area contributed by atoms with E-state index in [1.54, 1.807) is 0 Å². The lowest BCUT2D eigenvalue weighted by molar-refractivity contribution is 0.0476. The third-order valence-electron chi connectivity index (χ3n) is 4.78. The number of benzene rings is 1. The molecule has 2 aliphatic rings. The molecular formula is C18H23N3O3. The Morgan fingerprint density at radius 2 is 1.96 bits per heavy atom. The fourth-order valence-corrected chi connectivity index (χ4v) is 3.50. The molecule has 0 amide bonds. The quantitative estimate of drug-likeness (QED) is 0.859. The van der Waals surface area contributed by atoms with E-state index in [0.29, 0.717) is 18.4 Å². The van der Waals surface area contributed by atoms with Crippen LogP contribution in [0.25, 0.3) is 0 Å². The Hall–Kier alpha value is -2.08. The number of hydrogen-bond donors (Lipinski definition) is 0. The number of aromatic nitrogens is 2. The van der Waals surface area contributed by atoms with Gasteiger partial charge in [0.2, 0.25) is 5.89 Å². The molecule has 1 fully saturated rings. The Morgan fingerprint density at radius 1 is 1.17 bits per heavy atom. The van der Waals surface area contributed by atoms with Crippen LogP contribution in [0.5, 0.6) is 11.5 Å². The van der Waals surface area contributed by atoms with Crippen LogP contribution in [0.3, 0.4) is 0 Å². The number of fused-ring (bicyclic) bond motifs is 1. The molecule has 128 valence electrons. The monoisotopic (exact) mass is 329 g/mol. The van der Waals surface area contributed by atoms with Crippen LogP contribution in [0, 0.1) is 12.8 Å². The Kier molecular flexibility index (Phi) is 4.38. The summed E-state index contributed by atoms with van der Waals surface area (Å²) in [4.78, 5) is 6.78. The smallest absolute Gasteiger partial charge is 0.223 e. The second-order valence-corrected chi connectivity index (χ2v) is 6.68. The van der Waals surface area contributed by atoms with Gasteiger partial charge >= 0.3 is 0 Å². The third kappa shape index (κ3) is 3.53. The zero-order chi connectivity index (χ0) is 16.4. The molecule has 3 heterocycles. The lowest BCUT2D eigenvalue weighted by Gasteiger charge is -2.35. The number of aryl methyl sites for hydroxylation is 1.